The zero-order valence-corrected chi connectivity index (χ0v) is 18.6. The van der Waals surface area contributed by atoms with Crippen LogP contribution in [0.3, 0.4) is 0 Å². The molecule has 0 atom stereocenters. The third-order valence-electron chi connectivity index (χ3n) is 6.76. The van der Waals surface area contributed by atoms with Crippen molar-refractivity contribution in [2.45, 2.75) is 31.0 Å². The molecule has 2 amide bonds. The Morgan fingerprint density at radius 3 is 2.21 bits per heavy atom. The minimum Gasteiger partial charge on any atom is -0.380 e. The molecule has 0 bridgehead atoms. The fourth-order valence-corrected chi connectivity index (χ4v) is 4.35. The molecule has 2 aromatic carbocycles. The smallest absolute Gasteiger partial charge is 0.254 e. The van der Waals surface area contributed by atoms with Crippen LogP contribution in [-0.4, -0.2) is 77.8 Å². The van der Waals surface area contributed by atoms with Crippen LogP contribution in [0, 0.1) is 0 Å². The van der Waals surface area contributed by atoms with E-state index in [0.29, 0.717) is 57.2 Å². The number of carbonyl (C=O) groups excluding carboxylic acids is 2. The molecule has 1 aliphatic carbocycles. The molecule has 8 nitrogen and oxygen atoms in total. The van der Waals surface area contributed by atoms with Crippen LogP contribution in [0.2, 0.25) is 0 Å². The fourth-order valence-electron chi connectivity index (χ4n) is 4.35. The van der Waals surface area contributed by atoms with E-state index in [9.17, 15) is 14.7 Å². The van der Waals surface area contributed by atoms with Gasteiger partial charge in [-0.15, -0.1) is 0 Å². The van der Waals surface area contributed by atoms with Gasteiger partial charge in [-0.1, -0.05) is 18.2 Å². The molecule has 0 radical (unpaired) electrons. The summed E-state index contributed by atoms with van der Waals surface area (Å²) < 4.78 is 5.23. The highest BCUT2D eigenvalue weighted by Crippen LogP contribution is 2.37. The summed E-state index contributed by atoms with van der Waals surface area (Å²) in [5.74, 6) is -0.235. The van der Waals surface area contributed by atoms with E-state index in [0.717, 1.165) is 35.6 Å². The third-order valence-corrected chi connectivity index (χ3v) is 6.76. The monoisotopic (exact) mass is 450 g/mol. The maximum absolute atomic E-state index is 13.0. The molecule has 0 unspecified atom stereocenters. The summed E-state index contributed by atoms with van der Waals surface area (Å²) in [5.41, 5.74) is 9.61. The Labute approximate surface area is 193 Å². The minimum absolute atomic E-state index is 0.0382. The van der Waals surface area contributed by atoms with E-state index in [1.807, 2.05) is 30.3 Å². The lowest BCUT2D eigenvalue weighted by atomic mass is 10.00. The van der Waals surface area contributed by atoms with Gasteiger partial charge in [0.05, 0.1) is 19.3 Å². The lowest BCUT2D eigenvalue weighted by Gasteiger charge is -2.35. The number of hydrogen-bond acceptors (Lipinski definition) is 6. The Bertz CT molecular complexity index is 1040. The molecule has 0 aromatic heterocycles. The average Bonchev–Trinajstić information content (AvgIpc) is 3.59. The number of ether oxygens (including phenoxy) is 1. The lowest BCUT2D eigenvalue weighted by molar-refractivity contribution is -0.143. The molecule has 2 aromatic rings. The van der Waals surface area contributed by atoms with Crippen molar-refractivity contribution in [3.8, 4) is 11.1 Å². The van der Waals surface area contributed by atoms with Crippen molar-refractivity contribution in [1.29, 1.82) is 0 Å². The number of benzene rings is 2. The predicted octanol–water partition coefficient (Wildman–Crippen LogP) is 1.43. The first-order valence-corrected chi connectivity index (χ1v) is 11.6. The molecule has 5 rings (SSSR count). The molecule has 3 fully saturated rings. The molecular weight excluding hydrogens is 420 g/mol. The first-order valence-electron chi connectivity index (χ1n) is 11.6. The fraction of sp³-hybridized carbons (Fsp3) is 0.440. The molecule has 4 N–H and O–H groups in total. The first kappa shape index (κ1) is 21.9. The van der Waals surface area contributed by atoms with Gasteiger partial charge < -0.3 is 30.7 Å². The van der Waals surface area contributed by atoms with Gasteiger partial charge in [-0.05, 0) is 53.8 Å². The summed E-state index contributed by atoms with van der Waals surface area (Å²) in [6, 6.07) is 14.1. The van der Waals surface area contributed by atoms with E-state index < -0.39 is 5.60 Å². The van der Waals surface area contributed by atoms with E-state index in [1.165, 1.54) is 0 Å². The van der Waals surface area contributed by atoms with Gasteiger partial charge in [-0.2, -0.15) is 0 Å². The van der Waals surface area contributed by atoms with Gasteiger partial charge in [0.1, 0.15) is 5.60 Å². The van der Waals surface area contributed by atoms with Crippen molar-refractivity contribution < 1.29 is 19.4 Å². The van der Waals surface area contributed by atoms with E-state index in [-0.39, 0.29) is 11.8 Å². The summed E-state index contributed by atoms with van der Waals surface area (Å²) in [4.78, 5) is 28.7. The summed E-state index contributed by atoms with van der Waals surface area (Å²) in [6.45, 7) is 3.74. The number of anilines is 1. The maximum Gasteiger partial charge on any atom is 0.254 e. The zero-order valence-electron chi connectivity index (χ0n) is 18.6. The van der Waals surface area contributed by atoms with Crippen molar-refractivity contribution in [2.75, 3.05) is 44.7 Å². The third kappa shape index (κ3) is 4.46. The van der Waals surface area contributed by atoms with E-state index in [4.69, 9.17) is 10.5 Å². The van der Waals surface area contributed by atoms with Crippen LogP contribution >= 0.6 is 0 Å². The molecule has 2 aliphatic heterocycles. The van der Waals surface area contributed by atoms with Crippen LogP contribution in [-0.2, 0) is 16.1 Å². The predicted molar refractivity (Wildman–Crippen MR) is 125 cm³/mol. The van der Waals surface area contributed by atoms with Gasteiger partial charge in [-0.25, -0.2) is 0 Å². The van der Waals surface area contributed by atoms with Crippen molar-refractivity contribution in [1.82, 2.24) is 9.80 Å². The number of piperazine rings is 1. The number of nitrogens with one attached hydrogen (secondary N) is 1. The molecule has 2 heterocycles. The van der Waals surface area contributed by atoms with Crippen LogP contribution < -0.4 is 11.1 Å². The molecule has 0 spiro atoms. The number of carbonyl (C=O) groups is 2. The average molecular weight is 451 g/mol. The summed E-state index contributed by atoms with van der Waals surface area (Å²) >= 11 is 0. The van der Waals surface area contributed by atoms with Crippen molar-refractivity contribution >= 4 is 17.5 Å². The minimum atomic E-state index is -1.15. The molecule has 3 aliphatic rings. The second-order valence-electron chi connectivity index (χ2n) is 9.15. The van der Waals surface area contributed by atoms with Crippen molar-refractivity contribution in [2.24, 2.45) is 5.73 Å². The van der Waals surface area contributed by atoms with Gasteiger partial charge in [0, 0.05) is 44.0 Å². The van der Waals surface area contributed by atoms with Gasteiger partial charge in [0.25, 0.3) is 11.8 Å². The normalized spacial score (nSPS) is 19.7. The zero-order chi connectivity index (χ0) is 23.0. The highest BCUT2D eigenvalue weighted by molar-refractivity contribution is 5.95. The summed E-state index contributed by atoms with van der Waals surface area (Å²) in [5, 5.41) is 13.5. The summed E-state index contributed by atoms with van der Waals surface area (Å²) in [6.07, 6.45) is 1.08. The molecule has 2 saturated heterocycles. The van der Waals surface area contributed by atoms with Crippen LogP contribution in [0.5, 0.6) is 0 Å². The second-order valence-corrected chi connectivity index (χ2v) is 9.15. The number of nitrogens with zero attached hydrogens (tertiary/aromatic N) is 2. The van der Waals surface area contributed by atoms with Crippen LogP contribution in [0.4, 0.5) is 5.69 Å². The maximum atomic E-state index is 13.0. The Balaban J connectivity index is 1.22. The molecule has 8 heteroatoms. The van der Waals surface area contributed by atoms with Crippen LogP contribution in [0.1, 0.15) is 28.8 Å². The van der Waals surface area contributed by atoms with Gasteiger partial charge in [-0.3, -0.25) is 9.59 Å². The molecule has 1 saturated carbocycles. The molecule has 174 valence electrons. The van der Waals surface area contributed by atoms with Crippen molar-refractivity contribution in [3.05, 3.63) is 53.6 Å². The number of nitrogens with two attached hydrogens (primary N) is 1. The van der Waals surface area contributed by atoms with Crippen LogP contribution in [0.25, 0.3) is 11.1 Å². The van der Waals surface area contributed by atoms with E-state index in [2.05, 4.69) is 17.4 Å². The van der Waals surface area contributed by atoms with Gasteiger partial charge in [0.2, 0.25) is 0 Å². The molecule has 33 heavy (non-hydrogen) atoms. The SMILES string of the molecule is NCc1cc(-c2ccc(C(=O)N3CCN(C(=O)C4(O)CC4)CC3)cc2)ccc1NC1COC1. The standard InChI is InChI=1S/C25H30N4O4/c26-14-20-13-19(5-6-22(20)27-21-15-33-16-21)17-1-3-18(4-2-17)23(30)28-9-11-29(12-10-28)24(31)25(32)7-8-25/h1-6,13,21,27,32H,7-12,14-16,26H2. The van der Waals surface area contributed by atoms with Crippen molar-refractivity contribution in [3.63, 3.8) is 0 Å². The van der Waals surface area contributed by atoms with Crippen LogP contribution in [0.15, 0.2) is 42.5 Å². The highest BCUT2D eigenvalue weighted by atomic mass is 16.5. The quantitative estimate of drug-likeness (QED) is 0.615. The lowest BCUT2D eigenvalue weighted by Crippen LogP contribution is -2.53. The first-order chi connectivity index (χ1) is 16.0. The van der Waals surface area contributed by atoms with E-state index >= 15 is 0 Å². The topological polar surface area (TPSA) is 108 Å². The largest absolute Gasteiger partial charge is 0.380 e. The second kappa shape index (κ2) is 8.78. The number of amides is 2. The molecular formula is C25H30N4O4. The Kier molecular flexibility index (Phi) is 5.82. The number of rotatable bonds is 6. The Morgan fingerprint density at radius 2 is 1.64 bits per heavy atom. The number of hydrogen-bond donors (Lipinski definition) is 3. The highest BCUT2D eigenvalue weighted by Gasteiger charge is 2.50. The Hall–Kier alpha value is -2.94. The number of aliphatic hydroxyl groups is 1. The summed E-state index contributed by atoms with van der Waals surface area (Å²) in [7, 11) is 0. The van der Waals surface area contributed by atoms with E-state index in [1.54, 1.807) is 9.80 Å². The van der Waals surface area contributed by atoms with Gasteiger partial charge in [0.15, 0.2) is 0 Å². The Morgan fingerprint density at radius 1 is 1.00 bits per heavy atom. The van der Waals surface area contributed by atoms with Gasteiger partial charge >= 0.3 is 0 Å².